The van der Waals surface area contributed by atoms with Gasteiger partial charge in [-0.3, -0.25) is 19.1 Å². The Balaban J connectivity index is 1.45. The van der Waals surface area contributed by atoms with Crippen molar-refractivity contribution in [2.24, 2.45) is 5.73 Å². The first-order valence-electron chi connectivity index (χ1n) is 12.9. The van der Waals surface area contributed by atoms with Gasteiger partial charge in [0.15, 0.2) is 5.78 Å². The molecule has 1 unspecified atom stereocenters. The third-order valence-corrected chi connectivity index (χ3v) is 6.94. The smallest absolute Gasteiger partial charge is 0.277 e. The normalized spacial score (nSPS) is 14.0. The van der Waals surface area contributed by atoms with E-state index in [1.807, 2.05) is 6.92 Å². The van der Waals surface area contributed by atoms with Crippen molar-refractivity contribution < 1.29 is 23.9 Å². The van der Waals surface area contributed by atoms with Crippen LogP contribution in [0.2, 0.25) is 0 Å². The van der Waals surface area contributed by atoms with Gasteiger partial charge in [0.2, 0.25) is 0 Å². The van der Waals surface area contributed by atoms with Crippen molar-refractivity contribution in [2.45, 2.75) is 19.5 Å². The molecular formula is C32H25N5O5. The summed E-state index contributed by atoms with van der Waals surface area (Å²) < 4.78 is 12.0. The molecule has 2 heterocycles. The Kier molecular flexibility index (Phi) is 7.46. The first-order valence-corrected chi connectivity index (χ1v) is 12.9. The van der Waals surface area contributed by atoms with Crippen molar-refractivity contribution in [1.29, 1.82) is 5.26 Å². The fourth-order valence-corrected chi connectivity index (χ4v) is 4.98. The Morgan fingerprint density at radius 2 is 1.76 bits per heavy atom. The molecule has 0 spiro atoms. The maximum Gasteiger partial charge on any atom is 0.277 e. The molecule has 3 aromatic carbocycles. The number of carbonyl (C=O) groups excluding carboxylic acids is 3. The van der Waals surface area contributed by atoms with Gasteiger partial charge in [0.05, 0.1) is 30.8 Å². The first kappa shape index (κ1) is 27.7. The van der Waals surface area contributed by atoms with Crippen molar-refractivity contribution in [3.05, 3.63) is 94.7 Å². The molecule has 2 amide bonds. The molecule has 0 bridgehead atoms. The summed E-state index contributed by atoms with van der Waals surface area (Å²) in [5.74, 6) is 1.85. The van der Waals surface area contributed by atoms with Crippen LogP contribution in [0, 0.1) is 23.7 Å². The van der Waals surface area contributed by atoms with Crippen LogP contribution in [0.1, 0.15) is 49.3 Å². The number of primary amides is 1. The lowest BCUT2D eigenvalue weighted by Gasteiger charge is -2.34. The zero-order chi connectivity index (χ0) is 30.0. The van der Waals surface area contributed by atoms with Crippen molar-refractivity contribution in [3.8, 4) is 41.2 Å². The molecule has 1 aliphatic heterocycles. The van der Waals surface area contributed by atoms with E-state index < -0.39 is 11.8 Å². The molecule has 1 atom stereocenters. The number of anilines is 1. The highest BCUT2D eigenvalue weighted by Gasteiger charge is 2.38. The predicted molar refractivity (Wildman–Crippen MR) is 154 cm³/mol. The van der Waals surface area contributed by atoms with Crippen LogP contribution < -0.4 is 20.1 Å². The highest BCUT2D eigenvalue weighted by Crippen LogP contribution is 2.34. The zero-order valence-electron chi connectivity index (χ0n) is 22.8. The third-order valence-electron chi connectivity index (χ3n) is 6.94. The number of ether oxygens (including phenoxy) is 2. The Hall–Kier alpha value is -5.87. The highest BCUT2D eigenvalue weighted by atomic mass is 16.5. The minimum absolute atomic E-state index is 0.0348. The van der Waals surface area contributed by atoms with Crippen LogP contribution in [0.3, 0.4) is 0 Å². The largest absolute Gasteiger partial charge is 0.495 e. The van der Waals surface area contributed by atoms with E-state index in [9.17, 15) is 19.6 Å². The summed E-state index contributed by atoms with van der Waals surface area (Å²) in [4.78, 5) is 41.1. The lowest BCUT2D eigenvalue weighted by atomic mass is 10.0. The molecule has 1 aliphatic rings. The number of fused-ring (bicyclic) bond motifs is 1. The van der Waals surface area contributed by atoms with Gasteiger partial charge in [-0.2, -0.15) is 10.4 Å². The highest BCUT2D eigenvalue weighted by molar-refractivity contribution is 6.15. The Labute approximate surface area is 241 Å². The standard InChI is InChI=1S/C32H25N5O5/c1-4-15-42-25-12-7-21(8-13-25)30(38)20-5-10-24(11-6-20)37-19(2)18-36-29(32(37)40)27(31(34)39)28(35-36)22-9-14-26(41-3)23(16-22)17-33/h1,5-14,16,19H,15,18H2,2-3H3,(H2,34,39). The second kappa shape index (κ2) is 11.3. The summed E-state index contributed by atoms with van der Waals surface area (Å²) in [5, 5.41) is 14.1. The van der Waals surface area contributed by atoms with E-state index in [2.05, 4.69) is 17.1 Å². The topological polar surface area (TPSA) is 141 Å². The van der Waals surface area contributed by atoms with Crippen LogP contribution in [0.5, 0.6) is 11.5 Å². The molecule has 1 aromatic heterocycles. The summed E-state index contributed by atoms with van der Waals surface area (Å²) in [6.45, 7) is 2.28. The number of benzene rings is 3. The fraction of sp³-hybridized carbons (Fsp3) is 0.156. The number of nitrogens with two attached hydrogens (primary N) is 1. The second-order valence-electron chi connectivity index (χ2n) is 9.56. The van der Waals surface area contributed by atoms with Gasteiger partial charge >= 0.3 is 0 Å². The first-order chi connectivity index (χ1) is 20.3. The molecule has 0 aliphatic carbocycles. The van der Waals surface area contributed by atoms with Crippen LogP contribution in [0.4, 0.5) is 5.69 Å². The summed E-state index contributed by atoms with van der Waals surface area (Å²) in [6.07, 6.45) is 5.21. The molecule has 4 aromatic rings. The summed E-state index contributed by atoms with van der Waals surface area (Å²) in [6, 6.07) is 19.8. The van der Waals surface area contributed by atoms with E-state index in [4.69, 9.17) is 21.6 Å². The van der Waals surface area contributed by atoms with E-state index >= 15 is 0 Å². The number of amides is 2. The number of nitrogens with zero attached hydrogens (tertiary/aromatic N) is 4. The van der Waals surface area contributed by atoms with Crippen LogP contribution in [0.15, 0.2) is 66.7 Å². The summed E-state index contributed by atoms with van der Waals surface area (Å²) >= 11 is 0. The lowest BCUT2D eigenvalue weighted by Crippen LogP contribution is -2.47. The summed E-state index contributed by atoms with van der Waals surface area (Å²) in [5.41, 5.74) is 8.14. The minimum atomic E-state index is -0.819. The van der Waals surface area contributed by atoms with Crippen LogP contribution in [-0.4, -0.2) is 47.1 Å². The molecule has 0 saturated heterocycles. The van der Waals surface area contributed by atoms with E-state index in [0.29, 0.717) is 33.9 Å². The molecule has 208 valence electrons. The number of aromatic nitrogens is 2. The average molecular weight is 560 g/mol. The van der Waals surface area contributed by atoms with E-state index in [1.165, 1.54) is 11.8 Å². The zero-order valence-corrected chi connectivity index (χ0v) is 22.8. The predicted octanol–water partition coefficient (Wildman–Crippen LogP) is 3.82. The van der Waals surface area contributed by atoms with Gasteiger partial charge in [-0.1, -0.05) is 5.92 Å². The van der Waals surface area contributed by atoms with Gasteiger partial charge in [0.1, 0.15) is 35.6 Å². The number of terminal acetylenes is 1. The third kappa shape index (κ3) is 4.93. The Morgan fingerprint density at radius 1 is 1.10 bits per heavy atom. The Bertz CT molecular complexity index is 1790. The minimum Gasteiger partial charge on any atom is -0.495 e. The van der Waals surface area contributed by atoms with Crippen LogP contribution in [-0.2, 0) is 6.54 Å². The number of ketones is 1. The van der Waals surface area contributed by atoms with Gasteiger partial charge in [-0.05, 0) is 73.7 Å². The Morgan fingerprint density at radius 3 is 2.36 bits per heavy atom. The molecular weight excluding hydrogens is 534 g/mol. The molecule has 42 heavy (non-hydrogen) atoms. The average Bonchev–Trinajstić information content (AvgIpc) is 3.40. The molecule has 10 heteroatoms. The molecule has 2 N–H and O–H groups in total. The van der Waals surface area contributed by atoms with Crippen LogP contribution >= 0.6 is 0 Å². The molecule has 5 rings (SSSR count). The van der Waals surface area contributed by atoms with E-state index in [1.54, 1.807) is 71.6 Å². The number of methoxy groups -OCH3 is 1. The maximum absolute atomic E-state index is 13.9. The number of rotatable bonds is 8. The fourth-order valence-electron chi connectivity index (χ4n) is 4.98. The lowest BCUT2D eigenvalue weighted by molar-refractivity contribution is 0.0929. The monoisotopic (exact) mass is 559 g/mol. The van der Waals surface area contributed by atoms with E-state index in [-0.39, 0.29) is 47.5 Å². The van der Waals surface area contributed by atoms with Gasteiger partial charge in [-0.25, -0.2) is 0 Å². The van der Waals surface area contributed by atoms with Gasteiger partial charge < -0.3 is 20.1 Å². The SMILES string of the molecule is C#CCOc1ccc(C(=O)c2ccc(N3C(=O)c4c(C(N)=O)c(-c5ccc(OC)c(C#N)c5)nn4CC3C)cc2)cc1. The maximum atomic E-state index is 13.9. The van der Waals surface area contributed by atoms with Crippen LogP contribution in [0.25, 0.3) is 11.3 Å². The van der Waals surface area contributed by atoms with E-state index in [0.717, 1.165) is 0 Å². The quantitative estimate of drug-likeness (QED) is 0.256. The molecule has 0 radical (unpaired) electrons. The van der Waals surface area contributed by atoms with Crippen molar-refractivity contribution in [3.63, 3.8) is 0 Å². The molecule has 10 nitrogen and oxygen atoms in total. The molecule has 0 saturated carbocycles. The van der Waals surface area contributed by atoms with Gasteiger partial charge in [0, 0.05) is 22.4 Å². The van der Waals surface area contributed by atoms with Crippen molar-refractivity contribution in [1.82, 2.24) is 9.78 Å². The molecule has 0 fully saturated rings. The van der Waals surface area contributed by atoms with Gasteiger partial charge in [0.25, 0.3) is 11.8 Å². The number of nitriles is 1. The number of hydrogen-bond donors (Lipinski definition) is 1. The van der Waals surface area contributed by atoms with Crippen molar-refractivity contribution >= 4 is 23.3 Å². The summed E-state index contributed by atoms with van der Waals surface area (Å²) in [7, 11) is 1.45. The number of hydrogen-bond acceptors (Lipinski definition) is 7. The van der Waals surface area contributed by atoms with Crippen molar-refractivity contribution in [2.75, 3.05) is 18.6 Å². The second-order valence-corrected chi connectivity index (χ2v) is 9.56. The van der Waals surface area contributed by atoms with Gasteiger partial charge in [-0.15, -0.1) is 6.42 Å². The number of carbonyl (C=O) groups is 3.